The van der Waals surface area contributed by atoms with E-state index in [0.29, 0.717) is 13.0 Å². The van der Waals surface area contributed by atoms with E-state index >= 15 is 0 Å². The van der Waals surface area contributed by atoms with Crippen molar-refractivity contribution in [1.82, 2.24) is 14.9 Å². The molecule has 1 aliphatic heterocycles. The molecule has 2 amide bonds. The van der Waals surface area contributed by atoms with E-state index in [1.165, 1.54) is 12.1 Å². The molecule has 1 atom stereocenters. The van der Waals surface area contributed by atoms with Gasteiger partial charge >= 0.3 is 0 Å². The van der Waals surface area contributed by atoms with E-state index in [0.717, 1.165) is 9.18 Å². The van der Waals surface area contributed by atoms with Crippen molar-refractivity contribution >= 4 is 33.2 Å². The Morgan fingerprint density at radius 2 is 2.00 bits per heavy atom. The summed E-state index contributed by atoms with van der Waals surface area (Å²) in [6, 6.07) is 10.8. The van der Waals surface area contributed by atoms with Crippen LogP contribution in [0.3, 0.4) is 0 Å². The predicted molar refractivity (Wildman–Crippen MR) is 103 cm³/mol. The van der Waals surface area contributed by atoms with Crippen molar-refractivity contribution in [3.05, 3.63) is 52.7 Å². The maximum atomic E-state index is 12.9. The zero-order valence-electron chi connectivity index (χ0n) is 14.6. The molecule has 0 radical (unpaired) electrons. The van der Waals surface area contributed by atoms with Gasteiger partial charge in [-0.1, -0.05) is 24.3 Å². The fourth-order valence-electron chi connectivity index (χ4n) is 2.93. The van der Waals surface area contributed by atoms with Gasteiger partial charge in [0.25, 0.3) is 0 Å². The second-order valence-corrected chi connectivity index (χ2v) is 9.04. The molecular formula is C18H21N3O4S2. The first-order valence-corrected chi connectivity index (χ1v) is 10.9. The van der Waals surface area contributed by atoms with E-state index in [-0.39, 0.29) is 30.3 Å². The van der Waals surface area contributed by atoms with Crippen LogP contribution in [-0.4, -0.2) is 50.2 Å². The molecule has 1 unspecified atom stereocenters. The first-order valence-electron chi connectivity index (χ1n) is 8.62. The summed E-state index contributed by atoms with van der Waals surface area (Å²) in [7, 11) is -3.85. The maximum absolute atomic E-state index is 12.9. The highest BCUT2D eigenvalue weighted by molar-refractivity contribution is 7.89. The normalized spacial score (nSPS) is 18.1. The third-order valence-corrected chi connectivity index (χ3v) is 7.14. The summed E-state index contributed by atoms with van der Waals surface area (Å²) in [5.41, 5.74) is 0. The van der Waals surface area contributed by atoms with Crippen molar-refractivity contribution in [2.75, 3.05) is 19.6 Å². The van der Waals surface area contributed by atoms with E-state index in [9.17, 15) is 18.0 Å². The molecule has 9 heteroatoms. The third kappa shape index (κ3) is 4.74. The molecule has 1 saturated heterocycles. The Morgan fingerprint density at radius 3 is 2.70 bits per heavy atom. The molecular weight excluding hydrogens is 386 g/mol. The van der Waals surface area contributed by atoms with Gasteiger partial charge in [-0.25, -0.2) is 8.42 Å². The number of hydrogen-bond acceptors (Lipinski definition) is 5. The van der Waals surface area contributed by atoms with Crippen molar-refractivity contribution < 1.29 is 18.0 Å². The Bertz CT molecular complexity index is 883. The monoisotopic (exact) mass is 407 g/mol. The lowest BCUT2D eigenvalue weighted by molar-refractivity contribution is -0.131. The second-order valence-electron chi connectivity index (χ2n) is 6.12. The number of carbonyl (C=O) groups is 2. The molecule has 0 spiro atoms. The average Bonchev–Trinajstić information content (AvgIpc) is 3.17. The van der Waals surface area contributed by atoms with Crippen molar-refractivity contribution in [1.29, 1.82) is 0 Å². The van der Waals surface area contributed by atoms with Crippen molar-refractivity contribution in [2.45, 2.75) is 23.8 Å². The van der Waals surface area contributed by atoms with Crippen molar-refractivity contribution in [2.24, 2.45) is 0 Å². The Morgan fingerprint density at radius 1 is 1.22 bits per heavy atom. The van der Waals surface area contributed by atoms with Crippen molar-refractivity contribution in [3.63, 3.8) is 0 Å². The van der Waals surface area contributed by atoms with Crippen LogP contribution >= 0.6 is 11.3 Å². The van der Waals surface area contributed by atoms with Crippen LogP contribution in [-0.2, 0) is 26.0 Å². The number of benzene rings is 1. The van der Waals surface area contributed by atoms with Crippen LogP contribution in [0.25, 0.3) is 0 Å². The van der Waals surface area contributed by atoms with E-state index in [2.05, 4.69) is 10.6 Å². The highest BCUT2D eigenvalue weighted by Gasteiger charge is 2.39. The van der Waals surface area contributed by atoms with Crippen LogP contribution in [0.5, 0.6) is 0 Å². The summed E-state index contributed by atoms with van der Waals surface area (Å²) in [6.07, 6.45) is 0.495. The fourth-order valence-corrected chi connectivity index (χ4v) is 5.25. The minimum absolute atomic E-state index is 0.114. The largest absolute Gasteiger partial charge is 0.356 e. The number of sulfonamides is 1. The molecule has 1 aliphatic rings. The summed E-state index contributed by atoms with van der Waals surface area (Å²) >= 11 is 1.61. The van der Waals surface area contributed by atoms with Crippen LogP contribution < -0.4 is 10.6 Å². The Kier molecular flexibility index (Phi) is 6.25. The lowest BCUT2D eigenvalue weighted by Crippen LogP contribution is -2.58. The topological polar surface area (TPSA) is 95.6 Å². The SMILES string of the molecule is O=C(CC1C(=O)NCCN1S(=O)(=O)c1ccccc1)NCCc1cccs1. The zero-order valence-corrected chi connectivity index (χ0v) is 16.3. The van der Waals surface area contributed by atoms with Gasteiger partial charge in [0.1, 0.15) is 6.04 Å². The van der Waals surface area contributed by atoms with E-state index in [1.807, 2.05) is 17.5 Å². The molecule has 2 aromatic rings. The quantitative estimate of drug-likeness (QED) is 0.715. The minimum atomic E-state index is -3.85. The molecule has 1 aromatic carbocycles. The standard InChI is InChI=1S/C18H21N3O4S2/c22-17(19-9-8-14-5-4-12-26-14)13-16-18(23)20-10-11-21(16)27(24,25)15-6-2-1-3-7-15/h1-7,12,16H,8-11,13H2,(H,19,22)(H,20,23). The van der Waals surface area contributed by atoms with Gasteiger partial charge in [-0.2, -0.15) is 4.31 Å². The minimum Gasteiger partial charge on any atom is -0.356 e. The molecule has 7 nitrogen and oxygen atoms in total. The van der Waals surface area contributed by atoms with Gasteiger partial charge in [-0.05, 0) is 30.0 Å². The summed E-state index contributed by atoms with van der Waals surface area (Å²) in [5.74, 6) is -0.795. The summed E-state index contributed by atoms with van der Waals surface area (Å²) in [6.45, 7) is 0.802. The van der Waals surface area contributed by atoms with E-state index in [1.54, 1.807) is 29.5 Å². The van der Waals surface area contributed by atoms with Gasteiger partial charge in [0, 0.05) is 24.5 Å². The first-order chi connectivity index (χ1) is 13.0. The van der Waals surface area contributed by atoms with Gasteiger partial charge in [-0.15, -0.1) is 11.3 Å². The average molecular weight is 408 g/mol. The highest BCUT2D eigenvalue weighted by atomic mass is 32.2. The first kappa shape index (κ1) is 19.5. The number of amides is 2. The van der Waals surface area contributed by atoms with Crippen LogP contribution in [0.4, 0.5) is 0 Å². The molecule has 1 aromatic heterocycles. The van der Waals surface area contributed by atoms with Gasteiger partial charge in [0.2, 0.25) is 21.8 Å². The number of rotatable bonds is 7. The predicted octanol–water partition coefficient (Wildman–Crippen LogP) is 0.986. The Balaban J connectivity index is 1.67. The van der Waals surface area contributed by atoms with Crippen LogP contribution in [0.15, 0.2) is 52.7 Å². The number of piperazine rings is 1. The second kappa shape index (κ2) is 8.64. The molecule has 27 heavy (non-hydrogen) atoms. The lowest BCUT2D eigenvalue weighted by Gasteiger charge is -2.33. The molecule has 0 aliphatic carbocycles. The van der Waals surface area contributed by atoms with Gasteiger partial charge < -0.3 is 10.6 Å². The van der Waals surface area contributed by atoms with Crippen molar-refractivity contribution in [3.8, 4) is 0 Å². The molecule has 2 N–H and O–H groups in total. The summed E-state index contributed by atoms with van der Waals surface area (Å²) in [5, 5.41) is 7.38. The third-order valence-electron chi connectivity index (χ3n) is 4.28. The summed E-state index contributed by atoms with van der Waals surface area (Å²) in [4.78, 5) is 25.8. The molecule has 2 heterocycles. The van der Waals surface area contributed by atoms with Gasteiger partial charge in [-0.3, -0.25) is 9.59 Å². The number of nitrogens with zero attached hydrogens (tertiary/aromatic N) is 1. The smallest absolute Gasteiger partial charge is 0.243 e. The lowest BCUT2D eigenvalue weighted by atomic mass is 10.1. The van der Waals surface area contributed by atoms with Gasteiger partial charge in [0.05, 0.1) is 11.3 Å². The molecule has 0 bridgehead atoms. The molecule has 1 fully saturated rings. The molecule has 0 saturated carbocycles. The fraction of sp³-hybridized carbons (Fsp3) is 0.333. The summed E-state index contributed by atoms with van der Waals surface area (Å²) < 4.78 is 26.9. The van der Waals surface area contributed by atoms with Crippen LogP contribution in [0, 0.1) is 0 Å². The number of thiophene rings is 1. The Hall–Kier alpha value is -2.23. The number of hydrogen-bond donors (Lipinski definition) is 2. The Labute approximate surface area is 162 Å². The van der Waals surface area contributed by atoms with E-state index < -0.39 is 22.0 Å². The van der Waals surface area contributed by atoms with Crippen LogP contribution in [0.1, 0.15) is 11.3 Å². The number of nitrogens with one attached hydrogen (secondary N) is 2. The maximum Gasteiger partial charge on any atom is 0.243 e. The zero-order chi connectivity index (χ0) is 19.3. The molecule has 144 valence electrons. The van der Waals surface area contributed by atoms with Gasteiger partial charge in [0.15, 0.2) is 0 Å². The molecule has 3 rings (SSSR count). The van der Waals surface area contributed by atoms with E-state index in [4.69, 9.17) is 0 Å². The highest BCUT2D eigenvalue weighted by Crippen LogP contribution is 2.21. The number of carbonyl (C=O) groups excluding carboxylic acids is 2. The van der Waals surface area contributed by atoms with Crippen LogP contribution in [0.2, 0.25) is 0 Å².